The van der Waals surface area contributed by atoms with Crippen LogP contribution in [-0.2, 0) is 9.53 Å². The van der Waals surface area contributed by atoms with Gasteiger partial charge in [-0.2, -0.15) is 0 Å². The number of rotatable bonds is 10. The van der Waals surface area contributed by atoms with E-state index in [9.17, 15) is 4.79 Å². The second-order valence-electron chi connectivity index (χ2n) is 7.87. The molecule has 7 heteroatoms. The van der Waals surface area contributed by atoms with E-state index in [0.29, 0.717) is 12.0 Å². The number of para-hydroxylation sites is 2. The lowest BCUT2D eigenvalue weighted by molar-refractivity contribution is -0.121. The van der Waals surface area contributed by atoms with Gasteiger partial charge in [-0.3, -0.25) is 9.79 Å². The minimum Gasteiger partial charge on any atom is -0.482 e. The maximum Gasteiger partial charge on any atom is 0.265 e. The van der Waals surface area contributed by atoms with Gasteiger partial charge in [0.1, 0.15) is 5.75 Å². The Bertz CT molecular complexity index is 703. The molecule has 3 rings (SSSR count). The van der Waals surface area contributed by atoms with Crippen molar-refractivity contribution >= 4 is 17.6 Å². The van der Waals surface area contributed by atoms with Gasteiger partial charge in [0.15, 0.2) is 12.6 Å². The zero-order chi connectivity index (χ0) is 20.5. The van der Waals surface area contributed by atoms with Crippen molar-refractivity contribution in [2.45, 2.75) is 39.0 Å². The SMILES string of the molecule is CCNC(=NCC1(CCOC)CCC1)NCCCN1C(=O)COc2ccccc21. The molecule has 0 aromatic heterocycles. The standard InChI is InChI=1S/C22H34N4O3/c1-3-23-21(25-17-22(10-6-11-22)12-15-28-2)24-13-7-14-26-18-8-4-5-9-19(18)29-16-20(26)27/h4-5,8-9H,3,6-7,10-17H2,1-2H3,(H2,23,24,25). The molecule has 1 aromatic carbocycles. The first-order chi connectivity index (χ1) is 14.2. The second-order valence-corrected chi connectivity index (χ2v) is 7.87. The Kier molecular flexibility index (Phi) is 7.75. The summed E-state index contributed by atoms with van der Waals surface area (Å²) in [6.45, 7) is 6.05. The van der Waals surface area contributed by atoms with Crippen molar-refractivity contribution in [3.05, 3.63) is 24.3 Å². The van der Waals surface area contributed by atoms with Gasteiger partial charge in [0.05, 0.1) is 5.69 Å². The second kappa shape index (κ2) is 10.5. The third-order valence-electron chi connectivity index (χ3n) is 5.83. The lowest BCUT2D eigenvalue weighted by atomic mass is 9.67. The van der Waals surface area contributed by atoms with Crippen molar-refractivity contribution in [3.63, 3.8) is 0 Å². The highest BCUT2D eigenvalue weighted by atomic mass is 16.5. The van der Waals surface area contributed by atoms with E-state index in [4.69, 9.17) is 14.5 Å². The van der Waals surface area contributed by atoms with Crippen molar-refractivity contribution in [1.29, 1.82) is 0 Å². The molecule has 1 amide bonds. The number of hydrogen-bond acceptors (Lipinski definition) is 4. The molecule has 0 unspecified atom stereocenters. The van der Waals surface area contributed by atoms with Crippen LogP contribution in [0.4, 0.5) is 5.69 Å². The molecule has 2 N–H and O–H groups in total. The van der Waals surface area contributed by atoms with Gasteiger partial charge in [0.25, 0.3) is 5.91 Å². The predicted molar refractivity (Wildman–Crippen MR) is 116 cm³/mol. The predicted octanol–water partition coefficient (Wildman–Crippen LogP) is 2.56. The number of carbonyl (C=O) groups is 1. The molecule has 0 spiro atoms. The van der Waals surface area contributed by atoms with Crippen molar-refractivity contribution in [2.75, 3.05) is 51.4 Å². The lowest BCUT2D eigenvalue weighted by Gasteiger charge is -2.40. The Morgan fingerprint density at radius 2 is 2.14 bits per heavy atom. The summed E-state index contributed by atoms with van der Waals surface area (Å²) < 4.78 is 10.8. The zero-order valence-corrected chi connectivity index (χ0v) is 17.7. The number of anilines is 1. The average Bonchev–Trinajstić information content (AvgIpc) is 2.71. The van der Waals surface area contributed by atoms with Gasteiger partial charge in [-0.1, -0.05) is 18.6 Å². The first kappa shape index (κ1) is 21.4. The molecule has 7 nitrogen and oxygen atoms in total. The molecule has 0 bridgehead atoms. The van der Waals surface area contributed by atoms with Crippen LogP contribution < -0.4 is 20.3 Å². The van der Waals surface area contributed by atoms with E-state index >= 15 is 0 Å². The molecule has 29 heavy (non-hydrogen) atoms. The summed E-state index contributed by atoms with van der Waals surface area (Å²) in [7, 11) is 1.76. The molecule has 1 fully saturated rings. The molecule has 1 heterocycles. The third-order valence-corrected chi connectivity index (χ3v) is 5.83. The lowest BCUT2D eigenvalue weighted by Crippen LogP contribution is -2.43. The van der Waals surface area contributed by atoms with Crippen molar-refractivity contribution < 1.29 is 14.3 Å². The molecule has 1 aliphatic heterocycles. The first-order valence-corrected chi connectivity index (χ1v) is 10.7. The van der Waals surface area contributed by atoms with Gasteiger partial charge in [0.2, 0.25) is 0 Å². The van der Waals surface area contributed by atoms with Gasteiger partial charge in [-0.25, -0.2) is 0 Å². The first-order valence-electron chi connectivity index (χ1n) is 10.7. The number of ether oxygens (including phenoxy) is 2. The quantitative estimate of drug-likeness (QED) is 0.357. The summed E-state index contributed by atoms with van der Waals surface area (Å²) in [5.41, 5.74) is 1.16. The number of nitrogens with one attached hydrogen (secondary N) is 2. The summed E-state index contributed by atoms with van der Waals surface area (Å²) in [6.07, 6.45) is 5.66. The molecular formula is C22H34N4O3. The van der Waals surface area contributed by atoms with Gasteiger partial charge in [-0.05, 0) is 50.2 Å². The Balaban J connectivity index is 1.49. The van der Waals surface area contributed by atoms with E-state index in [1.807, 2.05) is 29.2 Å². The minimum atomic E-state index is 0.00865. The molecule has 160 valence electrons. The number of guanidine groups is 1. The van der Waals surface area contributed by atoms with Crippen molar-refractivity contribution in [1.82, 2.24) is 10.6 Å². The van der Waals surface area contributed by atoms with Crippen LogP contribution in [0.25, 0.3) is 0 Å². The molecule has 0 saturated heterocycles. The smallest absolute Gasteiger partial charge is 0.265 e. The molecular weight excluding hydrogens is 368 g/mol. The Morgan fingerprint density at radius 1 is 1.31 bits per heavy atom. The molecule has 0 atom stereocenters. The van der Waals surface area contributed by atoms with E-state index in [1.54, 1.807) is 7.11 Å². The van der Waals surface area contributed by atoms with E-state index in [-0.39, 0.29) is 12.5 Å². The van der Waals surface area contributed by atoms with Crippen molar-refractivity contribution in [3.8, 4) is 5.75 Å². The monoisotopic (exact) mass is 402 g/mol. The van der Waals surface area contributed by atoms with Crippen LogP contribution in [0.5, 0.6) is 5.75 Å². The van der Waals surface area contributed by atoms with Gasteiger partial charge in [-0.15, -0.1) is 0 Å². The normalized spacial score (nSPS) is 17.9. The summed E-state index contributed by atoms with van der Waals surface area (Å²) in [5.74, 6) is 1.64. The Hall–Kier alpha value is -2.28. The van der Waals surface area contributed by atoms with E-state index in [0.717, 1.165) is 56.5 Å². The van der Waals surface area contributed by atoms with Gasteiger partial charge in [0, 0.05) is 39.9 Å². The fourth-order valence-electron chi connectivity index (χ4n) is 3.91. The number of carbonyl (C=O) groups excluding carboxylic acids is 1. The Morgan fingerprint density at radius 3 is 2.86 bits per heavy atom. The van der Waals surface area contributed by atoms with E-state index in [2.05, 4.69) is 17.6 Å². The summed E-state index contributed by atoms with van der Waals surface area (Å²) in [4.78, 5) is 18.9. The third kappa shape index (κ3) is 5.63. The highest BCUT2D eigenvalue weighted by Crippen LogP contribution is 2.44. The minimum absolute atomic E-state index is 0.00865. The zero-order valence-electron chi connectivity index (χ0n) is 17.7. The largest absolute Gasteiger partial charge is 0.482 e. The maximum atomic E-state index is 12.3. The van der Waals surface area contributed by atoms with Gasteiger partial charge < -0.3 is 25.0 Å². The Labute approximate surface area is 173 Å². The molecule has 1 saturated carbocycles. The fourth-order valence-corrected chi connectivity index (χ4v) is 3.91. The fraction of sp³-hybridized carbons (Fsp3) is 0.636. The summed E-state index contributed by atoms with van der Waals surface area (Å²) in [5, 5.41) is 6.74. The number of nitrogens with zero attached hydrogens (tertiary/aromatic N) is 2. The van der Waals surface area contributed by atoms with Crippen LogP contribution in [-0.4, -0.2) is 58.4 Å². The highest BCUT2D eigenvalue weighted by molar-refractivity contribution is 5.97. The van der Waals surface area contributed by atoms with Crippen LogP contribution in [0.2, 0.25) is 0 Å². The van der Waals surface area contributed by atoms with E-state index in [1.165, 1.54) is 19.3 Å². The number of hydrogen-bond donors (Lipinski definition) is 2. The maximum absolute atomic E-state index is 12.3. The van der Waals surface area contributed by atoms with Crippen LogP contribution >= 0.6 is 0 Å². The molecule has 1 aliphatic carbocycles. The summed E-state index contributed by atoms with van der Waals surface area (Å²) >= 11 is 0. The highest BCUT2D eigenvalue weighted by Gasteiger charge is 2.36. The summed E-state index contributed by atoms with van der Waals surface area (Å²) in [6, 6.07) is 7.70. The number of methoxy groups -OCH3 is 1. The van der Waals surface area contributed by atoms with E-state index < -0.39 is 0 Å². The molecule has 2 aliphatic rings. The number of aliphatic imine (C=N–C) groups is 1. The average molecular weight is 403 g/mol. The number of amides is 1. The van der Waals surface area contributed by atoms with Crippen molar-refractivity contribution in [2.24, 2.45) is 10.4 Å². The van der Waals surface area contributed by atoms with Crippen LogP contribution in [0.3, 0.4) is 0 Å². The number of fused-ring (bicyclic) bond motifs is 1. The van der Waals surface area contributed by atoms with Gasteiger partial charge >= 0.3 is 0 Å². The topological polar surface area (TPSA) is 75.2 Å². The molecule has 0 radical (unpaired) electrons. The number of benzene rings is 1. The van der Waals surface area contributed by atoms with Crippen LogP contribution in [0, 0.1) is 5.41 Å². The van der Waals surface area contributed by atoms with Crippen LogP contribution in [0.1, 0.15) is 39.0 Å². The van der Waals surface area contributed by atoms with Crippen LogP contribution in [0.15, 0.2) is 29.3 Å². The molecule has 1 aromatic rings.